The summed E-state index contributed by atoms with van der Waals surface area (Å²) < 4.78 is 5.54. The largest absolute Gasteiger partial charge is 0.337 e. The summed E-state index contributed by atoms with van der Waals surface area (Å²) in [5.41, 5.74) is 4.86. The number of carbonyl (C=O) groups is 2. The monoisotopic (exact) mass is 476 g/mol. The van der Waals surface area contributed by atoms with Gasteiger partial charge in [-0.05, 0) is 39.3 Å². The highest BCUT2D eigenvalue weighted by Crippen LogP contribution is 2.23. The van der Waals surface area contributed by atoms with Crippen molar-refractivity contribution >= 4 is 17.6 Å². The average Bonchev–Trinajstić information content (AvgIpc) is 3.31. The first-order valence-corrected chi connectivity index (χ1v) is 11.8. The molecule has 9 heteroatoms. The quantitative estimate of drug-likeness (QED) is 0.559. The summed E-state index contributed by atoms with van der Waals surface area (Å²) in [5, 5.41) is 9.30. The predicted octanol–water partition coefficient (Wildman–Crippen LogP) is 3.69. The number of nitrogens with one attached hydrogen (secondary N) is 2. The van der Waals surface area contributed by atoms with E-state index < -0.39 is 6.03 Å². The molecule has 1 saturated heterocycles. The number of benzene rings is 2. The van der Waals surface area contributed by atoms with Crippen molar-refractivity contribution < 1.29 is 14.1 Å². The van der Waals surface area contributed by atoms with Crippen LogP contribution in [0.15, 0.2) is 47.0 Å². The fourth-order valence-electron chi connectivity index (χ4n) is 4.17. The summed E-state index contributed by atoms with van der Waals surface area (Å²) in [7, 11) is 0. The van der Waals surface area contributed by atoms with Gasteiger partial charge in [-0.15, -0.1) is 0 Å². The summed E-state index contributed by atoms with van der Waals surface area (Å²) in [6, 6.07) is 13.2. The summed E-state index contributed by atoms with van der Waals surface area (Å²) in [6.45, 7) is 11.1. The molecule has 1 aliphatic heterocycles. The minimum absolute atomic E-state index is 0.0267. The van der Waals surface area contributed by atoms with Crippen LogP contribution in [0.2, 0.25) is 0 Å². The summed E-state index contributed by atoms with van der Waals surface area (Å²) >= 11 is 0. The highest BCUT2D eigenvalue weighted by Gasteiger charge is 2.27. The maximum atomic E-state index is 12.4. The fraction of sp³-hybridized carbons (Fsp3) is 0.385. The molecule has 9 nitrogen and oxygen atoms in total. The van der Waals surface area contributed by atoms with Crippen molar-refractivity contribution in [2.75, 3.05) is 38.0 Å². The van der Waals surface area contributed by atoms with Crippen LogP contribution in [0.3, 0.4) is 0 Å². The second kappa shape index (κ2) is 10.8. The fourth-order valence-corrected chi connectivity index (χ4v) is 4.17. The first-order chi connectivity index (χ1) is 16.8. The van der Waals surface area contributed by atoms with E-state index in [-0.39, 0.29) is 18.5 Å². The Hall–Kier alpha value is -3.56. The molecule has 0 aliphatic carbocycles. The Labute approximate surface area is 205 Å². The van der Waals surface area contributed by atoms with Crippen LogP contribution < -0.4 is 10.6 Å². The maximum absolute atomic E-state index is 12.4. The van der Waals surface area contributed by atoms with Crippen molar-refractivity contribution in [3.05, 3.63) is 65.0 Å². The summed E-state index contributed by atoms with van der Waals surface area (Å²) in [6.07, 6.45) is 0. The van der Waals surface area contributed by atoms with Crippen molar-refractivity contribution in [3.8, 4) is 11.4 Å². The molecule has 1 unspecified atom stereocenters. The van der Waals surface area contributed by atoms with Crippen LogP contribution in [0.4, 0.5) is 10.5 Å². The SMILES string of the molecule is Cc1ccc(-c2noc(C(C)N3CCN(CC(=O)NC(=O)Nc4ccc(C)cc4C)CC3)n2)cc1. The zero-order chi connectivity index (χ0) is 24.9. The Balaban J connectivity index is 1.23. The zero-order valence-corrected chi connectivity index (χ0v) is 20.7. The number of anilines is 1. The highest BCUT2D eigenvalue weighted by atomic mass is 16.5. The van der Waals surface area contributed by atoms with E-state index in [0.29, 0.717) is 30.5 Å². The van der Waals surface area contributed by atoms with Crippen LogP contribution in [-0.2, 0) is 4.79 Å². The minimum atomic E-state index is -0.519. The molecular formula is C26H32N6O3. The van der Waals surface area contributed by atoms with Gasteiger partial charge >= 0.3 is 6.03 Å². The Morgan fingerprint density at radius 1 is 1.00 bits per heavy atom. The van der Waals surface area contributed by atoms with E-state index >= 15 is 0 Å². The third-order valence-electron chi connectivity index (χ3n) is 6.31. The number of piperazine rings is 1. The number of imide groups is 1. The van der Waals surface area contributed by atoms with Gasteiger partial charge in [-0.3, -0.25) is 19.9 Å². The van der Waals surface area contributed by atoms with Gasteiger partial charge in [0.1, 0.15) is 0 Å². The van der Waals surface area contributed by atoms with Crippen LogP contribution in [0.1, 0.15) is 35.5 Å². The van der Waals surface area contributed by atoms with Gasteiger partial charge in [0.25, 0.3) is 0 Å². The molecule has 2 heterocycles. The minimum Gasteiger partial charge on any atom is -0.337 e. The number of aromatic nitrogens is 2. The molecule has 1 aliphatic rings. The third-order valence-corrected chi connectivity index (χ3v) is 6.31. The lowest BCUT2D eigenvalue weighted by Gasteiger charge is -2.36. The number of hydrogen-bond acceptors (Lipinski definition) is 7. The van der Waals surface area contributed by atoms with Crippen LogP contribution in [0, 0.1) is 20.8 Å². The predicted molar refractivity (Wildman–Crippen MR) is 134 cm³/mol. The molecule has 2 aromatic carbocycles. The van der Waals surface area contributed by atoms with Gasteiger partial charge < -0.3 is 9.84 Å². The van der Waals surface area contributed by atoms with Crippen LogP contribution >= 0.6 is 0 Å². The molecule has 3 aromatic rings. The molecule has 4 rings (SSSR count). The van der Waals surface area contributed by atoms with Crippen molar-refractivity contribution in [1.29, 1.82) is 0 Å². The van der Waals surface area contributed by atoms with Gasteiger partial charge in [0.05, 0.1) is 12.6 Å². The van der Waals surface area contributed by atoms with E-state index in [9.17, 15) is 9.59 Å². The Kier molecular flexibility index (Phi) is 7.57. The molecule has 1 aromatic heterocycles. The highest BCUT2D eigenvalue weighted by molar-refractivity contribution is 6.02. The molecule has 2 N–H and O–H groups in total. The number of hydrogen-bond donors (Lipinski definition) is 2. The van der Waals surface area contributed by atoms with Crippen molar-refractivity contribution in [1.82, 2.24) is 25.3 Å². The van der Waals surface area contributed by atoms with Crippen LogP contribution in [0.25, 0.3) is 11.4 Å². The topological polar surface area (TPSA) is 104 Å². The lowest BCUT2D eigenvalue weighted by molar-refractivity contribution is -0.121. The number of urea groups is 1. The normalized spacial score (nSPS) is 15.5. The second-order valence-electron chi connectivity index (χ2n) is 9.13. The third kappa shape index (κ3) is 6.32. The molecule has 35 heavy (non-hydrogen) atoms. The lowest BCUT2D eigenvalue weighted by atomic mass is 10.1. The molecule has 0 spiro atoms. The van der Waals surface area contributed by atoms with E-state index in [1.165, 1.54) is 5.56 Å². The second-order valence-corrected chi connectivity index (χ2v) is 9.13. The molecular weight excluding hydrogens is 444 g/mol. The first kappa shape index (κ1) is 24.6. The number of aryl methyl sites for hydroxylation is 3. The van der Waals surface area contributed by atoms with E-state index in [2.05, 4.69) is 25.7 Å². The lowest BCUT2D eigenvalue weighted by Crippen LogP contribution is -2.50. The molecule has 0 radical (unpaired) electrons. The summed E-state index contributed by atoms with van der Waals surface area (Å²) in [5.74, 6) is 0.838. The van der Waals surface area contributed by atoms with Gasteiger partial charge in [-0.1, -0.05) is 52.7 Å². The van der Waals surface area contributed by atoms with Crippen LogP contribution in [-0.4, -0.2) is 64.6 Å². The van der Waals surface area contributed by atoms with Gasteiger partial charge in [0.15, 0.2) is 0 Å². The molecule has 184 valence electrons. The summed E-state index contributed by atoms with van der Waals surface area (Å²) in [4.78, 5) is 33.5. The van der Waals surface area contributed by atoms with Crippen LogP contribution in [0.5, 0.6) is 0 Å². The average molecular weight is 477 g/mol. The van der Waals surface area contributed by atoms with Crippen molar-refractivity contribution in [3.63, 3.8) is 0 Å². The number of nitrogens with zero attached hydrogens (tertiary/aromatic N) is 4. The van der Waals surface area contributed by atoms with Gasteiger partial charge in [0.2, 0.25) is 17.6 Å². The number of carbonyl (C=O) groups excluding carboxylic acids is 2. The standard InChI is InChI=1S/C26H32N6O3/c1-17-5-8-21(9-6-17)24-29-25(35-30-24)20(4)32-13-11-31(12-14-32)16-23(33)28-26(34)27-22-10-7-18(2)15-19(22)3/h5-10,15,20H,11-14,16H2,1-4H3,(H2,27,28,33,34). The Morgan fingerprint density at radius 3 is 2.37 bits per heavy atom. The van der Waals surface area contributed by atoms with Crippen molar-refractivity contribution in [2.24, 2.45) is 0 Å². The van der Waals surface area contributed by atoms with E-state index in [1.54, 1.807) is 0 Å². The van der Waals surface area contributed by atoms with E-state index in [1.807, 2.05) is 75.1 Å². The van der Waals surface area contributed by atoms with Gasteiger partial charge in [0, 0.05) is 37.4 Å². The van der Waals surface area contributed by atoms with Gasteiger partial charge in [-0.25, -0.2) is 4.79 Å². The van der Waals surface area contributed by atoms with E-state index in [0.717, 1.165) is 29.8 Å². The Bertz CT molecular complexity index is 1180. The molecule has 0 bridgehead atoms. The van der Waals surface area contributed by atoms with Crippen molar-refractivity contribution in [2.45, 2.75) is 33.7 Å². The number of rotatable bonds is 6. The van der Waals surface area contributed by atoms with E-state index in [4.69, 9.17) is 4.52 Å². The smallest absolute Gasteiger partial charge is 0.325 e. The maximum Gasteiger partial charge on any atom is 0.325 e. The Morgan fingerprint density at radius 2 is 1.69 bits per heavy atom. The van der Waals surface area contributed by atoms with Gasteiger partial charge in [-0.2, -0.15) is 4.98 Å². The number of amides is 3. The molecule has 0 saturated carbocycles. The zero-order valence-electron chi connectivity index (χ0n) is 20.7. The molecule has 3 amide bonds. The molecule has 1 atom stereocenters. The first-order valence-electron chi connectivity index (χ1n) is 11.8. The molecule has 1 fully saturated rings.